The molecule has 0 unspecified atom stereocenters. The Labute approximate surface area is 212 Å². The van der Waals surface area contributed by atoms with Crippen LogP contribution >= 0.6 is 0 Å². The molecule has 2 aliphatic heterocycles. The van der Waals surface area contributed by atoms with E-state index in [-0.39, 0.29) is 18.9 Å². The third-order valence-corrected chi connectivity index (χ3v) is 8.18. The molecule has 0 spiro atoms. The van der Waals surface area contributed by atoms with Gasteiger partial charge in [-0.05, 0) is 18.4 Å². The fourth-order valence-electron chi connectivity index (χ4n) is 6.24. The molecule has 202 valence electrons. The van der Waals surface area contributed by atoms with E-state index in [4.69, 9.17) is 9.57 Å². The van der Waals surface area contributed by atoms with Gasteiger partial charge in [0, 0.05) is 18.3 Å². The van der Waals surface area contributed by atoms with Crippen LogP contribution in [0.4, 0.5) is 0 Å². The second kappa shape index (κ2) is 10.4. The number of amides is 2. The summed E-state index contributed by atoms with van der Waals surface area (Å²) in [4.78, 5) is 33.2. The highest BCUT2D eigenvalue weighted by Gasteiger charge is 2.59. The van der Waals surface area contributed by atoms with Crippen molar-refractivity contribution in [3.05, 3.63) is 35.9 Å². The van der Waals surface area contributed by atoms with Gasteiger partial charge in [-0.25, -0.2) is 0 Å². The number of ether oxygens (including phenoxy) is 1. The molecule has 1 aromatic carbocycles. The van der Waals surface area contributed by atoms with Gasteiger partial charge in [0.15, 0.2) is 0 Å². The van der Waals surface area contributed by atoms with Crippen molar-refractivity contribution in [2.45, 2.75) is 68.7 Å². The van der Waals surface area contributed by atoms with Crippen molar-refractivity contribution in [2.75, 3.05) is 6.61 Å². The quantitative estimate of drug-likeness (QED) is 0.189. The molecule has 2 aliphatic carbocycles. The topological polar surface area (TPSA) is 190 Å². The SMILES string of the molecule is O=C1[C@H]2[C@H]3[C@H](O)[C@H](O)C/C(=N\O[C@@H]4O[C@H](CO)[C@@H](O)[C@H](O)[C@H]4O)[C@@H]3CC[C@H]2C(=O)N1Cc1ccccc1. The van der Waals surface area contributed by atoms with Crippen molar-refractivity contribution in [3.8, 4) is 0 Å². The zero-order chi connectivity index (χ0) is 26.4. The van der Waals surface area contributed by atoms with Crippen LogP contribution in [0, 0.1) is 23.7 Å². The lowest BCUT2D eigenvalue weighted by Gasteiger charge is -2.45. The van der Waals surface area contributed by atoms with Crippen LogP contribution in [0.15, 0.2) is 35.5 Å². The first kappa shape index (κ1) is 26.2. The molecule has 0 bridgehead atoms. The molecule has 12 nitrogen and oxygen atoms in total. The van der Waals surface area contributed by atoms with Crippen LogP contribution < -0.4 is 0 Å². The predicted molar refractivity (Wildman–Crippen MR) is 124 cm³/mol. The molecule has 12 heteroatoms. The third-order valence-electron chi connectivity index (χ3n) is 8.18. The third kappa shape index (κ3) is 4.56. The number of hydrogen-bond acceptors (Lipinski definition) is 11. The van der Waals surface area contributed by atoms with Gasteiger partial charge in [-0.3, -0.25) is 14.5 Å². The molecule has 2 heterocycles. The van der Waals surface area contributed by atoms with E-state index in [9.17, 15) is 40.2 Å². The highest BCUT2D eigenvalue weighted by molar-refractivity contribution is 6.06. The maximum atomic E-state index is 13.5. The molecule has 2 saturated carbocycles. The van der Waals surface area contributed by atoms with Crippen LogP contribution in [-0.4, -0.2) is 103 Å². The van der Waals surface area contributed by atoms with E-state index >= 15 is 0 Å². The average Bonchev–Trinajstić information content (AvgIpc) is 3.14. The molecule has 0 aromatic heterocycles. The van der Waals surface area contributed by atoms with E-state index in [0.717, 1.165) is 5.56 Å². The highest BCUT2D eigenvalue weighted by atomic mass is 16.8. The summed E-state index contributed by atoms with van der Waals surface area (Å²) in [6.07, 6.45) is -9.30. The minimum Gasteiger partial charge on any atom is -0.394 e. The molecule has 1 aromatic rings. The fraction of sp³-hybridized carbons (Fsp3) is 0.640. The standard InChI is InChI=1S/C25H32N2O10/c28-10-16-20(31)21(32)22(33)25(36-16)37-26-14-8-15(29)19(30)17-12(14)6-7-13-18(17)24(35)27(23(13)34)9-11-4-2-1-3-5-11/h1-5,12-13,15-22,25,28-33H,6-10H2/b26-14+/t12-,13+,15+,16+,17-,18+,19+,20+,21-,22+,25-/m0/s1. The van der Waals surface area contributed by atoms with Gasteiger partial charge in [-0.15, -0.1) is 0 Å². The number of oxime groups is 1. The summed E-state index contributed by atoms with van der Waals surface area (Å²) in [6.45, 7) is -0.502. The van der Waals surface area contributed by atoms with Gasteiger partial charge in [0.25, 0.3) is 6.29 Å². The zero-order valence-electron chi connectivity index (χ0n) is 20.0. The summed E-state index contributed by atoms with van der Waals surface area (Å²) < 4.78 is 5.32. The Morgan fingerprint density at radius 1 is 0.919 bits per heavy atom. The number of aliphatic hydroxyl groups excluding tert-OH is 6. The Morgan fingerprint density at radius 3 is 2.32 bits per heavy atom. The summed E-state index contributed by atoms with van der Waals surface area (Å²) in [6, 6.07) is 9.14. The lowest BCUT2D eigenvalue weighted by atomic mass is 9.60. The summed E-state index contributed by atoms with van der Waals surface area (Å²) in [5.74, 6) is -3.35. The lowest BCUT2D eigenvalue weighted by molar-refractivity contribution is -0.301. The fourth-order valence-corrected chi connectivity index (χ4v) is 6.24. The van der Waals surface area contributed by atoms with E-state index in [0.29, 0.717) is 18.6 Å². The Hall–Kier alpha value is -2.45. The molecule has 2 saturated heterocycles. The Bertz CT molecular complexity index is 1040. The monoisotopic (exact) mass is 520 g/mol. The number of imide groups is 1. The van der Waals surface area contributed by atoms with E-state index in [1.807, 2.05) is 30.3 Å². The van der Waals surface area contributed by atoms with Crippen LogP contribution in [-0.2, 0) is 25.7 Å². The Kier molecular flexibility index (Phi) is 7.33. The molecule has 4 fully saturated rings. The van der Waals surface area contributed by atoms with Gasteiger partial charge >= 0.3 is 0 Å². The van der Waals surface area contributed by atoms with E-state index in [1.165, 1.54) is 4.90 Å². The van der Waals surface area contributed by atoms with Crippen molar-refractivity contribution in [1.29, 1.82) is 0 Å². The Balaban J connectivity index is 1.37. The van der Waals surface area contributed by atoms with Crippen LogP contribution in [0.1, 0.15) is 24.8 Å². The van der Waals surface area contributed by atoms with Crippen LogP contribution in [0.2, 0.25) is 0 Å². The molecule has 37 heavy (non-hydrogen) atoms. The van der Waals surface area contributed by atoms with Crippen molar-refractivity contribution in [1.82, 2.24) is 4.90 Å². The van der Waals surface area contributed by atoms with Crippen LogP contribution in [0.5, 0.6) is 0 Å². The lowest BCUT2D eigenvalue weighted by Crippen LogP contribution is -2.59. The first-order valence-corrected chi connectivity index (χ1v) is 12.5. The van der Waals surface area contributed by atoms with Gasteiger partial charge in [0.05, 0.1) is 42.9 Å². The van der Waals surface area contributed by atoms with Gasteiger partial charge in [-0.2, -0.15) is 0 Å². The number of carbonyl (C=O) groups is 2. The van der Waals surface area contributed by atoms with Crippen molar-refractivity contribution < 1.29 is 49.8 Å². The van der Waals surface area contributed by atoms with Gasteiger partial charge in [-0.1, -0.05) is 35.5 Å². The van der Waals surface area contributed by atoms with Crippen LogP contribution in [0.3, 0.4) is 0 Å². The first-order chi connectivity index (χ1) is 17.7. The number of hydrogen-bond donors (Lipinski definition) is 6. The molecule has 6 N–H and O–H groups in total. The summed E-state index contributed by atoms with van der Waals surface area (Å²) in [5.41, 5.74) is 1.14. The summed E-state index contributed by atoms with van der Waals surface area (Å²) in [5, 5.41) is 65.2. The second-order valence-electron chi connectivity index (χ2n) is 10.3. The van der Waals surface area contributed by atoms with Gasteiger partial charge < -0.3 is 40.2 Å². The molecule has 0 radical (unpaired) electrons. The minimum absolute atomic E-state index is 0.0625. The number of carbonyl (C=O) groups excluding carboxylic acids is 2. The molecular formula is C25H32N2O10. The van der Waals surface area contributed by atoms with E-state index < -0.39 is 79.1 Å². The largest absolute Gasteiger partial charge is 0.394 e. The second-order valence-corrected chi connectivity index (χ2v) is 10.3. The van der Waals surface area contributed by atoms with Gasteiger partial charge in [0.1, 0.15) is 24.4 Å². The van der Waals surface area contributed by atoms with Crippen molar-refractivity contribution in [3.63, 3.8) is 0 Å². The normalized spacial score (nSPS) is 43.0. The zero-order valence-corrected chi connectivity index (χ0v) is 20.0. The Morgan fingerprint density at radius 2 is 1.62 bits per heavy atom. The average molecular weight is 521 g/mol. The number of rotatable bonds is 5. The van der Waals surface area contributed by atoms with Crippen LogP contribution in [0.25, 0.3) is 0 Å². The summed E-state index contributed by atoms with van der Waals surface area (Å²) in [7, 11) is 0. The minimum atomic E-state index is -1.66. The van der Waals surface area contributed by atoms with E-state index in [2.05, 4.69) is 5.16 Å². The smallest absolute Gasteiger partial charge is 0.256 e. The number of fused-ring (bicyclic) bond motifs is 3. The molecular weight excluding hydrogens is 488 g/mol. The van der Waals surface area contributed by atoms with Crippen molar-refractivity contribution in [2.24, 2.45) is 28.8 Å². The molecule has 4 aliphatic rings. The number of aliphatic hydroxyl groups is 6. The van der Waals surface area contributed by atoms with Gasteiger partial charge in [0.2, 0.25) is 11.8 Å². The first-order valence-electron chi connectivity index (χ1n) is 12.5. The maximum Gasteiger partial charge on any atom is 0.256 e. The molecule has 11 atom stereocenters. The summed E-state index contributed by atoms with van der Waals surface area (Å²) >= 11 is 0. The number of likely N-dealkylation sites (tertiary alicyclic amines) is 1. The highest BCUT2D eigenvalue weighted by Crippen LogP contribution is 2.50. The molecule has 5 rings (SSSR count). The molecule has 2 amide bonds. The number of benzene rings is 1. The van der Waals surface area contributed by atoms with Crippen molar-refractivity contribution >= 4 is 17.5 Å². The maximum absolute atomic E-state index is 13.5. The predicted octanol–water partition coefficient (Wildman–Crippen LogP) is -1.89. The number of nitrogens with zero attached hydrogens (tertiary/aromatic N) is 2. The van der Waals surface area contributed by atoms with E-state index in [1.54, 1.807) is 0 Å².